The lowest BCUT2D eigenvalue weighted by molar-refractivity contribution is 0.605. The lowest BCUT2D eigenvalue weighted by Gasteiger charge is -2.07. The number of aromatic nitrogens is 2. The van der Waals surface area contributed by atoms with Crippen molar-refractivity contribution in [3.63, 3.8) is 0 Å². The molecule has 0 aliphatic carbocycles. The summed E-state index contributed by atoms with van der Waals surface area (Å²) in [5, 5.41) is 4.47. The Morgan fingerprint density at radius 3 is 2.56 bits per heavy atom. The van der Waals surface area contributed by atoms with Crippen LogP contribution in [0, 0.1) is 26.6 Å². The number of halogens is 1. The third-order valence-corrected chi connectivity index (χ3v) is 3.41. The van der Waals surface area contributed by atoms with Crippen molar-refractivity contribution in [2.75, 3.05) is 0 Å². The molecule has 0 aliphatic rings. The van der Waals surface area contributed by atoms with E-state index in [1.54, 1.807) is 12.1 Å². The lowest BCUT2D eigenvalue weighted by atomic mass is 10.1. The largest absolute Gasteiger partial charge is 0.326 e. The van der Waals surface area contributed by atoms with Crippen LogP contribution in [0.1, 0.15) is 28.1 Å². The second kappa shape index (κ2) is 4.90. The fourth-order valence-corrected chi connectivity index (χ4v) is 2.00. The van der Waals surface area contributed by atoms with Crippen molar-refractivity contribution in [2.45, 2.75) is 33.9 Å². The predicted molar refractivity (Wildman–Crippen MR) is 69.8 cm³/mol. The van der Waals surface area contributed by atoms with E-state index < -0.39 is 0 Å². The molecule has 0 amide bonds. The van der Waals surface area contributed by atoms with E-state index in [2.05, 4.69) is 12.0 Å². The van der Waals surface area contributed by atoms with E-state index in [0.717, 1.165) is 17.0 Å². The summed E-state index contributed by atoms with van der Waals surface area (Å²) < 4.78 is 15.3. The van der Waals surface area contributed by atoms with E-state index in [1.807, 2.05) is 18.5 Å². The molecule has 1 aromatic heterocycles. The van der Waals surface area contributed by atoms with Crippen LogP contribution >= 0.6 is 0 Å². The first-order valence-electron chi connectivity index (χ1n) is 6.01. The molecule has 1 aromatic carbocycles. The molecule has 0 saturated carbocycles. The van der Waals surface area contributed by atoms with Crippen LogP contribution in [0.4, 0.5) is 4.39 Å². The zero-order chi connectivity index (χ0) is 13.3. The molecule has 3 nitrogen and oxygen atoms in total. The highest BCUT2D eigenvalue weighted by Crippen LogP contribution is 2.15. The second-order valence-electron chi connectivity index (χ2n) is 4.58. The second-order valence-corrected chi connectivity index (χ2v) is 4.58. The molecule has 18 heavy (non-hydrogen) atoms. The van der Waals surface area contributed by atoms with Crippen molar-refractivity contribution in [1.82, 2.24) is 9.78 Å². The number of aryl methyl sites for hydroxylation is 1. The lowest BCUT2D eigenvalue weighted by Crippen LogP contribution is -2.06. The molecule has 0 saturated heterocycles. The molecule has 1 heterocycles. The van der Waals surface area contributed by atoms with Gasteiger partial charge in [0.25, 0.3) is 0 Å². The minimum atomic E-state index is -0.245. The highest BCUT2D eigenvalue weighted by atomic mass is 19.1. The van der Waals surface area contributed by atoms with Gasteiger partial charge in [0.05, 0.1) is 12.2 Å². The maximum atomic E-state index is 13.4. The highest BCUT2D eigenvalue weighted by Gasteiger charge is 2.08. The van der Waals surface area contributed by atoms with Crippen molar-refractivity contribution in [1.29, 1.82) is 0 Å². The van der Waals surface area contributed by atoms with Gasteiger partial charge in [0.2, 0.25) is 0 Å². The van der Waals surface area contributed by atoms with Gasteiger partial charge >= 0.3 is 0 Å². The molecular weight excluding hydrogens is 229 g/mol. The molecule has 2 rings (SSSR count). The average Bonchev–Trinajstić information content (AvgIpc) is 2.59. The topological polar surface area (TPSA) is 43.8 Å². The Labute approximate surface area is 106 Å². The first-order valence-corrected chi connectivity index (χ1v) is 6.01. The summed E-state index contributed by atoms with van der Waals surface area (Å²) in [6, 6.07) is 5.05. The Morgan fingerprint density at radius 2 is 2.00 bits per heavy atom. The van der Waals surface area contributed by atoms with Crippen molar-refractivity contribution < 1.29 is 4.39 Å². The van der Waals surface area contributed by atoms with Crippen LogP contribution in [0.25, 0.3) is 0 Å². The van der Waals surface area contributed by atoms with E-state index in [0.29, 0.717) is 12.1 Å². The summed E-state index contributed by atoms with van der Waals surface area (Å²) in [7, 11) is 0. The predicted octanol–water partition coefficient (Wildman–Crippen LogP) is 2.45. The van der Waals surface area contributed by atoms with Crippen molar-refractivity contribution in [2.24, 2.45) is 5.73 Å². The smallest absolute Gasteiger partial charge is 0.127 e. The molecule has 0 unspecified atom stereocenters. The summed E-state index contributed by atoms with van der Waals surface area (Å²) in [5.74, 6) is -0.245. The molecule has 0 spiro atoms. The molecule has 4 heteroatoms. The molecule has 0 radical (unpaired) electrons. The Morgan fingerprint density at radius 1 is 1.28 bits per heavy atom. The molecule has 0 atom stereocenters. The van der Waals surface area contributed by atoms with Crippen LogP contribution in [0.5, 0.6) is 0 Å². The fraction of sp³-hybridized carbons (Fsp3) is 0.357. The van der Waals surface area contributed by atoms with Gasteiger partial charge < -0.3 is 5.73 Å². The van der Waals surface area contributed by atoms with Crippen LogP contribution in [-0.2, 0) is 13.1 Å². The van der Waals surface area contributed by atoms with Gasteiger partial charge in [-0.3, -0.25) is 4.68 Å². The quantitative estimate of drug-likeness (QED) is 0.905. The maximum Gasteiger partial charge on any atom is 0.127 e. The summed E-state index contributed by atoms with van der Waals surface area (Å²) in [5.41, 5.74) is 10.5. The van der Waals surface area contributed by atoms with Crippen molar-refractivity contribution in [3.05, 3.63) is 52.1 Å². The Hall–Kier alpha value is -1.68. The zero-order valence-electron chi connectivity index (χ0n) is 11.0. The van der Waals surface area contributed by atoms with E-state index in [-0.39, 0.29) is 12.4 Å². The molecule has 0 fully saturated rings. The average molecular weight is 247 g/mol. The standard InChI is InChI=1S/C14H18FN3/c1-9-10(2)17-18(11(9)3)8-12-4-5-14(15)13(6-12)7-16/h4-6H,7-8,16H2,1-3H3. The van der Waals surface area contributed by atoms with Crippen molar-refractivity contribution in [3.8, 4) is 0 Å². The van der Waals surface area contributed by atoms with Crippen LogP contribution in [0.2, 0.25) is 0 Å². The number of nitrogens with two attached hydrogens (primary N) is 1. The van der Waals surface area contributed by atoms with E-state index in [4.69, 9.17) is 5.73 Å². The number of benzene rings is 1. The van der Waals surface area contributed by atoms with Gasteiger partial charge in [-0.2, -0.15) is 5.10 Å². The van der Waals surface area contributed by atoms with Gasteiger partial charge in [0.1, 0.15) is 5.82 Å². The Bertz CT molecular complexity index is 573. The Kier molecular flexibility index (Phi) is 3.48. The van der Waals surface area contributed by atoms with Crippen LogP contribution in [-0.4, -0.2) is 9.78 Å². The van der Waals surface area contributed by atoms with Crippen LogP contribution < -0.4 is 5.73 Å². The van der Waals surface area contributed by atoms with Gasteiger partial charge in [0.15, 0.2) is 0 Å². The molecule has 0 aliphatic heterocycles. The summed E-state index contributed by atoms with van der Waals surface area (Å²) in [6.07, 6.45) is 0. The summed E-state index contributed by atoms with van der Waals surface area (Å²) >= 11 is 0. The fourth-order valence-electron chi connectivity index (χ4n) is 2.00. The molecule has 2 aromatic rings. The minimum absolute atomic E-state index is 0.218. The molecular formula is C14H18FN3. The number of hydrogen-bond donors (Lipinski definition) is 1. The molecule has 2 N–H and O–H groups in total. The van der Waals surface area contributed by atoms with Gasteiger partial charge in [0, 0.05) is 17.8 Å². The van der Waals surface area contributed by atoms with Gasteiger partial charge in [-0.05, 0) is 44.0 Å². The van der Waals surface area contributed by atoms with E-state index in [1.165, 1.54) is 11.6 Å². The SMILES string of the molecule is Cc1nn(Cc2ccc(F)c(CN)c2)c(C)c1C. The minimum Gasteiger partial charge on any atom is -0.326 e. The third-order valence-electron chi connectivity index (χ3n) is 3.41. The first kappa shape index (κ1) is 12.8. The number of hydrogen-bond acceptors (Lipinski definition) is 2. The van der Waals surface area contributed by atoms with Gasteiger partial charge in [-0.15, -0.1) is 0 Å². The monoisotopic (exact) mass is 247 g/mol. The summed E-state index contributed by atoms with van der Waals surface area (Å²) in [4.78, 5) is 0. The molecule has 0 bridgehead atoms. The number of nitrogens with zero attached hydrogens (tertiary/aromatic N) is 2. The highest BCUT2D eigenvalue weighted by molar-refractivity contribution is 5.27. The van der Waals surface area contributed by atoms with Crippen molar-refractivity contribution >= 4 is 0 Å². The zero-order valence-corrected chi connectivity index (χ0v) is 11.0. The van der Waals surface area contributed by atoms with Crippen LogP contribution in [0.3, 0.4) is 0 Å². The van der Waals surface area contributed by atoms with Crippen LogP contribution in [0.15, 0.2) is 18.2 Å². The van der Waals surface area contributed by atoms with E-state index in [9.17, 15) is 4.39 Å². The normalized spacial score (nSPS) is 10.9. The van der Waals surface area contributed by atoms with Gasteiger partial charge in [-0.1, -0.05) is 6.07 Å². The Balaban J connectivity index is 2.31. The summed E-state index contributed by atoms with van der Waals surface area (Å²) in [6.45, 7) is 6.96. The van der Waals surface area contributed by atoms with E-state index >= 15 is 0 Å². The van der Waals surface area contributed by atoms with Gasteiger partial charge in [-0.25, -0.2) is 4.39 Å². The molecule has 96 valence electrons. The maximum absolute atomic E-state index is 13.4. The first-order chi connectivity index (χ1) is 8.52. The third kappa shape index (κ3) is 2.29. The number of rotatable bonds is 3.